The molecule has 0 unspecified atom stereocenters. The molecule has 0 aromatic heterocycles. The van der Waals surface area contributed by atoms with Crippen molar-refractivity contribution in [3.05, 3.63) is 12.2 Å². The molecule has 1 aliphatic rings. The lowest BCUT2D eigenvalue weighted by molar-refractivity contribution is -0.151. The average Bonchev–Trinajstić information content (AvgIpc) is 1.78. The Morgan fingerprint density at radius 3 is 2.27 bits per heavy atom. The van der Waals surface area contributed by atoms with Crippen LogP contribution in [0, 0.1) is 5.41 Å². The summed E-state index contributed by atoms with van der Waals surface area (Å²) in [7, 11) is 0. The van der Waals surface area contributed by atoms with Crippen LogP contribution in [0.4, 0.5) is 0 Å². The monoisotopic (exact) mass is 155 g/mol. The van der Waals surface area contributed by atoms with Crippen molar-refractivity contribution in [2.24, 2.45) is 11.1 Å². The van der Waals surface area contributed by atoms with Crippen molar-refractivity contribution in [2.75, 3.05) is 0 Å². The average molecular weight is 155 g/mol. The maximum atomic E-state index is 10.8. The van der Waals surface area contributed by atoms with Crippen molar-refractivity contribution < 1.29 is 9.90 Å². The Labute approximate surface area is 65.9 Å². The third-order valence-electron chi connectivity index (χ3n) is 2.45. The maximum absolute atomic E-state index is 10.8. The molecule has 3 heteroatoms. The third-order valence-corrected chi connectivity index (χ3v) is 2.45. The molecular formula is C8H13NO2. The predicted molar refractivity (Wildman–Crippen MR) is 42.1 cm³/mol. The molecule has 0 atom stereocenters. The molecule has 3 N–H and O–H groups in total. The number of carboxylic acids is 1. The summed E-state index contributed by atoms with van der Waals surface area (Å²) in [5.41, 5.74) is 5.53. The van der Waals surface area contributed by atoms with Gasteiger partial charge in [0.25, 0.3) is 0 Å². The minimum Gasteiger partial charge on any atom is -0.481 e. The number of hydrogen-bond donors (Lipinski definition) is 2. The van der Waals surface area contributed by atoms with Gasteiger partial charge in [-0.1, -0.05) is 12.2 Å². The summed E-state index contributed by atoms with van der Waals surface area (Å²) in [5, 5.41) is 8.86. The highest BCUT2D eigenvalue weighted by Gasteiger charge is 2.49. The van der Waals surface area contributed by atoms with Crippen molar-refractivity contribution in [1.82, 2.24) is 0 Å². The summed E-state index contributed by atoms with van der Waals surface area (Å²) >= 11 is 0. The van der Waals surface area contributed by atoms with Crippen LogP contribution in [0.2, 0.25) is 0 Å². The van der Waals surface area contributed by atoms with Crippen LogP contribution in [0.15, 0.2) is 12.2 Å². The van der Waals surface area contributed by atoms with Crippen LogP contribution >= 0.6 is 0 Å². The molecule has 0 aromatic carbocycles. The molecule has 1 aliphatic carbocycles. The quantitative estimate of drug-likeness (QED) is 0.578. The van der Waals surface area contributed by atoms with Gasteiger partial charge in [0.15, 0.2) is 0 Å². The van der Waals surface area contributed by atoms with E-state index in [4.69, 9.17) is 10.8 Å². The van der Waals surface area contributed by atoms with Gasteiger partial charge in [-0.15, -0.1) is 0 Å². The molecule has 0 saturated heterocycles. The van der Waals surface area contributed by atoms with E-state index < -0.39 is 11.4 Å². The molecular weight excluding hydrogens is 142 g/mol. The topological polar surface area (TPSA) is 63.3 Å². The number of hydrogen-bond acceptors (Lipinski definition) is 2. The molecule has 1 rings (SSSR count). The van der Waals surface area contributed by atoms with Gasteiger partial charge < -0.3 is 10.8 Å². The van der Waals surface area contributed by atoms with Gasteiger partial charge in [0, 0.05) is 6.04 Å². The normalized spacial score (nSPS) is 36.0. The summed E-state index contributed by atoms with van der Waals surface area (Å²) in [6, 6.07) is 0.0443. The molecule has 0 aromatic rings. The predicted octanol–water partition coefficient (Wildman–Crippen LogP) is 0.755. The first-order valence-corrected chi connectivity index (χ1v) is 3.64. The number of nitrogens with two attached hydrogens (primary N) is 1. The van der Waals surface area contributed by atoms with Gasteiger partial charge in [0.2, 0.25) is 0 Å². The van der Waals surface area contributed by atoms with E-state index in [1.54, 1.807) is 6.92 Å². The Balaban J connectivity index is 2.77. The first-order chi connectivity index (χ1) is 4.99. The lowest BCUT2D eigenvalue weighted by Crippen LogP contribution is -2.51. The van der Waals surface area contributed by atoms with E-state index in [0.717, 1.165) is 0 Å². The molecule has 0 bridgehead atoms. The summed E-state index contributed by atoms with van der Waals surface area (Å²) in [5.74, 6) is -0.785. The van der Waals surface area contributed by atoms with Crippen LogP contribution in [0.3, 0.4) is 0 Å². The summed E-state index contributed by atoms with van der Waals surface area (Å²) in [4.78, 5) is 10.8. The van der Waals surface area contributed by atoms with Crippen LogP contribution in [0.5, 0.6) is 0 Å². The number of aliphatic carboxylic acids is 1. The highest BCUT2D eigenvalue weighted by molar-refractivity contribution is 5.79. The minimum absolute atomic E-state index is 0.0443. The molecule has 1 saturated carbocycles. The van der Waals surface area contributed by atoms with E-state index in [1.165, 1.54) is 0 Å². The van der Waals surface area contributed by atoms with E-state index in [9.17, 15) is 4.79 Å². The largest absolute Gasteiger partial charge is 0.481 e. The Hall–Kier alpha value is -0.830. The summed E-state index contributed by atoms with van der Waals surface area (Å²) in [6.45, 7) is 5.42. The molecule has 11 heavy (non-hydrogen) atoms. The zero-order valence-corrected chi connectivity index (χ0v) is 6.63. The van der Waals surface area contributed by atoms with E-state index in [1.807, 2.05) is 0 Å². The van der Waals surface area contributed by atoms with E-state index in [-0.39, 0.29) is 6.04 Å². The van der Waals surface area contributed by atoms with Gasteiger partial charge in [0.05, 0.1) is 5.41 Å². The lowest BCUT2D eigenvalue weighted by Gasteiger charge is -2.43. The van der Waals surface area contributed by atoms with Crippen molar-refractivity contribution >= 4 is 5.97 Å². The molecule has 3 nitrogen and oxygen atoms in total. The van der Waals surface area contributed by atoms with Crippen molar-refractivity contribution in [2.45, 2.75) is 25.8 Å². The SMILES string of the molecule is C=C(C)C1(C(=O)O)CC(N)C1. The van der Waals surface area contributed by atoms with Crippen LogP contribution in [-0.2, 0) is 4.79 Å². The fraction of sp³-hybridized carbons (Fsp3) is 0.625. The first-order valence-electron chi connectivity index (χ1n) is 3.64. The highest BCUT2D eigenvalue weighted by Crippen LogP contribution is 2.45. The molecule has 0 heterocycles. The van der Waals surface area contributed by atoms with Gasteiger partial charge in [-0.2, -0.15) is 0 Å². The second-order valence-electron chi connectivity index (χ2n) is 3.34. The molecule has 0 amide bonds. The molecule has 62 valence electrons. The second-order valence-corrected chi connectivity index (χ2v) is 3.34. The summed E-state index contributed by atoms with van der Waals surface area (Å²) < 4.78 is 0. The van der Waals surface area contributed by atoms with Gasteiger partial charge >= 0.3 is 5.97 Å². The van der Waals surface area contributed by atoms with E-state index in [2.05, 4.69) is 6.58 Å². The first kappa shape index (κ1) is 8.27. The van der Waals surface area contributed by atoms with Crippen LogP contribution < -0.4 is 5.73 Å². The molecule has 0 aliphatic heterocycles. The van der Waals surface area contributed by atoms with Crippen LogP contribution in [0.25, 0.3) is 0 Å². The molecule has 0 spiro atoms. The fourth-order valence-corrected chi connectivity index (χ4v) is 1.54. The number of carboxylic acid groups (broad SMARTS) is 1. The maximum Gasteiger partial charge on any atom is 0.313 e. The minimum atomic E-state index is -0.785. The van der Waals surface area contributed by atoms with Gasteiger partial charge in [-0.3, -0.25) is 4.79 Å². The third kappa shape index (κ3) is 1.05. The van der Waals surface area contributed by atoms with Gasteiger partial charge in [-0.25, -0.2) is 0 Å². The smallest absolute Gasteiger partial charge is 0.313 e. The molecule has 0 radical (unpaired) electrons. The Morgan fingerprint density at radius 2 is 2.18 bits per heavy atom. The molecule has 1 fully saturated rings. The van der Waals surface area contributed by atoms with E-state index >= 15 is 0 Å². The zero-order chi connectivity index (χ0) is 8.65. The Morgan fingerprint density at radius 1 is 1.73 bits per heavy atom. The lowest BCUT2D eigenvalue weighted by atomic mass is 9.62. The van der Waals surface area contributed by atoms with Crippen molar-refractivity contribution in [3.8, 4) is 0 Å². The second kappa shape index (κ2) is 2.34. The number of carbonyl (C=O) groups is 1. The van der Waals surface area contributed by atoms with Crippen LogP contribution in [0.1, 0.15) is 19.8 Å². The van der Waals surface area contributed by atoms with Gasteiger partial charge in [-0.05, 0) is 19.8 Å². The van der Waals surface area contributed by atoms with Crippen molar-refractivity contribution in [3.63, 3.8) is 0 Å². The van der Waals surface area contributed by atoms with Crippen molar-refractivity contribution in [1.29, 1.82) is 0 Å². The van der Waals surface area contributed by atoms with E-state index in [0.29, 0.717) is 18.4 Å². The Bertz CT molecular complexity index is 188. The Kier molecular flexibility index (Phi) is 1.76. The van der Waals surface area contributed by atoms with Crippen LogP contribution in [-0.4, -0.2) is 17.1 Å². The summed E-state index contributed by atoms with van der Waals surface area (Å²) in [6.07, 6.45) is 1.08. The fourth-order valence-electron chi connectivity index (χ4n) is 1.54. The van der Waals surface area contributed by atoms with Gasteiger partial charge in [0.1, 0.15) is 0 Å². The number of rotatable bonds is 2. The highest BCUT2D eigenvalue weighted by atomic mass is 16.4. The zero-order valence-electron chi connectivity index (χ0n) is 6.63. The standard InChI is InChI=1S/C8H13NO2/c1-5(2)8(7(10)11)3-6(9)4-8/h6H,1,3-4,9H2,2H3,(H,10,11).